The third-order valence-corrected chi connectivity index (χ3v) is 6.93. The molecule has 7 nitrogen and oxygen atoms in total. The lowest BCUT2D eigenvalue weighted by Crippen LogP contribution is -2.47. The summed E-state index contributed by atoms with van der Waals surface area (Å²) < 4.78 is 33.8. The summed E-state index contributed by atoms with van der Waals surface area (Å²) in [5.41, 5.74) is 1.98. The van der Waals surface area contributed by atoms with Gasteiger partial charge in [-0.25, -0.2) is 0 Å². The molecule has 3 rings (SSSR count). The summed E-state index contributed by atoms with van der Waals surface area (Å²) >= 11 is 0. The van der Waals surface area contributed by atoms with Crippen molar-refractivity contribution < 1.29 is 17.9 Å². The van der Waals surface area contributed by atoms with Crippen LogP contribution in [0.1, 0.15) is 28.9 Å². The molecule has 1 fully saturated rings. The Morgan fingerprint density at radius 1 is 1.11 bits per heavy atom. The van der Waals surface area contributed by atoms with Crippen LogP contribution in [0.15, 0.2) is 54.6 Å². The van der Waals surface area contributed by atoms with E-state index in [1.54, 1.807) is 43.4 Å². The lowest BCUT2D eigenvalue weighted by Gasteiger charge is -2.33. The number of amides is 1. The summed E-state index contributed by atoms with van der Waals surface area (Å²) in [5, 5.41) is 2.86. The van der Waals surface area contributed by atoms with Crippen LogP contribution in [0.25, 0.3) is 0 Å². The van der Waals surface area contributed by atoms with Gasteiger partial charge in [-0.15, -0.1) is 0 Å². The van der Waals surface area contributed by atoms with Crippen LogP contribution in [-0.4, -0.2) is 56.3 Å². The molecule has 1 N–H and O–H groups in total. The van der Waals surface area contributed by atoms with Gasteiger partial charge in [-0.05, 0) is 36.8 Å². The van der Waals surface area contributed by atoms with Crippen molar-refractivity contribution in [3.63, 3.8) is 0 Å². The quantitative estimate of drug-likeness (QED) is 0.804. The van der Waals surface area contributed by atoms with Gasteiger partial charge in [0.15, 0.2) is 0 Å². The van der Waals surface area contributed by atoms with Crippen LogP contribution in [-0.2, 0) is 14.9 Å². The molecular formula is C20H25N3O4S. The molecule has 150 valence electrons. The Bertz CT molecular complexity index is 912. The Balaban J connectivity index is 1.74. The highest BCUT2D eigenvalue weighted by Gasteiger charge is 2.32. The summed E-state index contributed by atoms with van der Waals surface area (Å²) in [6.45, 7) is 3.35. The Kier molecular flexibility index (Phi) is 6.46. The van der Waals surface area contributed by atoms with E-state index in [-0.39, 0.29) is 11.9 Å². The molecule has 1 heterocycles. The fourth-order valence-electron chi connectivity index (χ4n) is 3.04. The van der Waals surface area contributed by atoms with Gasteiger partial charge in [-0.2, -0.15) is 17.0 Å². The lowest BCUT2D eigenvalue weighted by atomic mass is 10.1. The predicted octanol–water partition coefficient (Wildman–Crippen LogP) is 2.51. The summed E-state index contributed by atoms with van der Waals surface area (Å²) in [4.78, 5) is 12.4. The first-order valence-corrected chi connectivity index (χ1v) is 10.6. The van der Waals surface area contributed by atoms with Crippen LogP contribution >= 0.6 is 0 Å². The predicted molar refractivity (Wildman–Crippen MR) is 108 cm³/mol. The van der Waals surface area contributed by atoms with Gasteiger partial charge < -0.3 is 10.1 Å². The second-order valence-electron chi connectivity index (χ2n) is 6.66. The highest BCUT2D eigenvalue weighted by Crippen LogP contribution is 2.26. The van der Waals surface area contributed by atoms with Crippen molar-refractivity contribution in [3.05, 3.63) is 65.7 Å². The maximum Gasteiger partial charge on any atom is 0.282 e. The number of hydrogen-bond donors (Lipinski definition) is 1. The molecule has 0 bridgehead atoms. The molecule has 1 atom stereocenters. The molecule has 0 unspecified atom stereocenters. The normalized spacial score (nSPS) is 16.7. The molecule has 28 heavy (non-hydrogen) atoms. The number of nitrogens with one attached hydrogen (secondary N) is 1. The van der Waals surface area contributed by atoms with Crippen molar-refractivity contribution in [1.82, 2.24) is 8.61 Å². The second kappa shape index (κ2) is 8.83. The molecule has 0 spiro atoms. The van der Waals surface area contributed by atoms with E-state index in [0.29, 0.717) is 37.6 Å². The fourth-order valence-corrected chi connectivity index (χ4v) is 4.53. The number of anilines is 1. The maximum absolute atomic E-state index is 12.9. The van der Waals surface area contributed by atoms with Crippen molar-refractivity contribution >= 4 is 21.8 Å². The highest BCUT2D eigenvalue weighted by molar-refractivity contribution is 7.86. The molecule has 1 aliphatic heterocycles. The zero-order valence-corrected chi connectivity index (χ0v) is 16.9. The highest BCUT2D eigenvalue weighted by atomic mass is 32.2. The topological polar surface area (TPSA) is 79.0 Å². The minimum Gasteiger partial charge on any atom is -0.379 e. The van der Waals surface area contributed by atoms with Gasteiger partial charge in [-0.3, -0.25) is 4.79 Å². The Hall–Kier alpha value is -2.26. The van der Waals surface area contributed by atoms with E-state index >= 15 is 0 Å². The van der Waals surface area contributed by atoms with Gasteiger partial charge in [0.2, 0.25) is 0 Å². The smallest absolute Gasteiger partial charge is 0.282 e. The summed E-state index contributed by atoms with van der Waals surface area (Å²) in [7, 11) is -2.01. The van der Waals surface area contributed by atoms with E-state index in [0.717, 1.165) is 5.56 Å². The third kappa shape index (κ3) is 4.59. The fraction of sp³-hybridized carbons (Fsp3) is 0.350. The first kappa shape index (κ1) is 20.5. The number of benzene rings is 2. The van der Waals surface area contributed by atoms with Gasteiger partial charge in [-0.1, -0.05) is 30.3 Å². The van der Waals surface area contributed by atoms with Crippen LogP contribution in [0.4, 0.5) is 5.69 Å². The minimum atomic E-state index is -3.59. The minimum absolute atomic E-state index is 0.209. The van der Waals surface area contributed by atoms with Gasteiger partial charge in [0.25, 0.3) is 16.1 Å². The van der Waals surface area contributed by atoms with E-state index < -0.39 is 10.2 Å². The summed E-state index contributed by atoms with van der Waals surface area (Å²) in [6, 6.07) is 15.8. The zero-order valence-electron chi connectivity index (χ0n) is 16.0. The first-order chi connectivity index (χ1) is 13.4. The Morgan fingerprint density at radius 2 is 1.79 bits per heavy atom. The van der Waals surface area contributed by atoms with E-state index in [1.807, 2.05) is 25.1 Å². The van der Waals surface area contributed by atoms with Crippen molar-refractivity contribution in [2.24, 2.45) is 0 Å². The van der Waals surface area contributed by atoms with E-state index in [1.165, 1.54) is 8.61 Å². The SMILES string of the molecule is C[C@H](c1cccc(NC(=O)c2ccccc2)c1)N(C)S(=O)(=O)N1CCOCC1. The number of nitrogens with zero attached hydrogens (tertiary/aromatic N) is 2. The van der Waals surface area contributed by atoms with Gasteiger partial charge in [0, 0.05) is 37.4 Å². The molecule has 0 aromatic heterocycles. The number of carbonyl (C=O) groups is 1. The number of hydrogen-bond acceptors (Lipinski definition) is 4. The molecular weight excluding hydrogens is 378 g/mol. The summed E-state index contributed by atoms with van der Waals surface area (Å²) in [6.07, 6.45) is 0. The monoisotopic (exact) mass is 403 g/mol. The second-order valence-corrected chi connectivity index (χ2v) is 8.65. The third-order valence-electron chi connectivity index (χ3n) is 4.87. The van der Waals surface area contributed by atoms with E-state index in [4.69, 9.17) is 4.74 Å². The van der Waals surface area contributed by atoms with Crippen LogP contribution in [0, 0.1) is 0 Å². The molecule has 0 radical (unpaired) electrons. The van der Waals surface area contributed by atoms with Crippen molar-refractivity contribution in [2.45, 2.75) is 13.0 Å². The maximum atomic E-state index is 12.9. The molecule has 2 aromatic carbocycles. The van der Waals surface area contributed by atoms with Crippen LogP contribution in [0.3, 0.4) is 0 Å². The molecule has 1 amide bonds. The average molecular weight is 404 g/mol. The number of morpholine rings is 1. The molecule has 2 aromatic rings. The van der Waals surface area contributed by atoms with Crippen LogP contribution in [0.2, 0.25) is 0 Å². The Labute approximate surface area is 166 Å². The zero-order chi connectivity index (χ0) is 20.1. The average Bonchev–Trinajstić information content (AvgIpc) is 2.74. The van der Waals surface area contributed by atoms with Gasteiger partial charge in [0.05, 0.1) is 13.2 Å². The van der Waals surface area contributed by atoms with Crippen molar-refractivity contribution in [3.8, 4) is 0 Å². The summed E-state index contributed by atoms with van der Waals surface area (Å²) in [5.74, 6) is -0.209. The molecule has 8 heteroatoms. The van der Waals surface area contributed by atoms with Crippen molar-refractivity contribution in [2.75, 3.05) is 38.7 Å². The Morgan fingerprint density at radius 3 is 2.46 bits per heavy atom. The lowest BCUT2D eigenvalue weighted by molar-refractivity contribution is 0.0700. The number of ether oxygens (including phenoxy) is 1. The number of rotatable bonds is 6. The molecule has 0 saturated carbocycles. The van der Waals surface area contributed by atoms with E-state index in [2.05, 4.69) is 5.32 Å². The van der Waals surface area contributed by atoms with Crippen LogP contribution in [0.5, 0.6) is 0 Å². The largest absolute Gasteiger partial charge is 0.379 e. The van der Waals surface area contributed by atoms with Gasteiger partial charge in [0.1, 0.15) is 0 Å². The standard InChI is InChI=1S/C20H25N3O4S/c1-16(22(2)28(25,26)23-11-13-27-14-12-23)18-9-6-10-19(15-18)21-20(24)17-7-4-3-5-8-17/h3-10,15-16H,11-14H2,1-2H3,(H,21,24)/t16-/m1/s1. The number of carbonyl (C=O) groups excluding carboxylic acids is 1. The van der Waals surface area contributed by atoms with Crippen molar-refractivity contribution in [1.29, 1.82) is 0 Å². The van der Waals surface area contributed by atoms with E-state index in [9.17, 15) is 13.2 Å². The molecule has 0 aliphatic carbocycles. The molecule has 1 saturated heterocycles. The first-order valence-electron chi connectivity index (χ1n) is 9.17. The van der Waals surface area contributed by atoms with Crippen LogP contribution < -0.4 is 5.32 Å². The molecule has 1 aliphatic rings. The van der Waals surface area contributed by atoms with Gasteiger partial charge >= 0.3 is 0 Å².